The van der Waals surface area contributed by atoms with Crippen LogP contribution in [0.4, 0.5) is 0 Å². The van der Waals surface area contributed by atoms with E-state index in [1.807, 2.05) is 0 Å². The number of primary amides is 1. The molecule has 2 amide bonds. The van der Waals surface area contributed by atoms with E-state index in [-0.39, 0.29) is 11.8 Å². The number of amides is 2. The first-order chi connectivity index (χ1) is 9.16. The third kappa shape index (κ3) is 3.54. The lowest BCUT2D eigenvalue weighted by molar-refractivity contribution is -0.118. The van der Waals surface area contributed by atoms with Crippen LogP contribution < -0.4 is 11.1 Å². The molecule has 2 rings (SSSR count). The average Bonchev–Trinajstić information content (AvgIpc) is 2.84. The van der Waals surface area contributed by atoms with Crippen molar-refractivity contribution in [3.63, 3.8) is 0 Å². The van der Waals surface area contributed by atoms with E-state index < -0.39 is 0 Å². The summed E-state index contributed by atoms with van der Waals surface area (Å²) in [5, 5.41) is 2.80. The summed E-state index contributed by atoms with van der Waals surface area (Å²) in [6.45, 7) is 0.535. The van der Waals surface area contributed by atoms with Crippen molar-refractivity contribution in [3.05, 3.63) is 30.1 Å². The maximum Gasteiger partial charge on any atom is 0.251 e. The van der Waals surface area contributed by atoms with Crippen LogP contribution in [0.5, 0.6) is 0 Å². The van der Waals surface area contributed by atoms with E-state index in [1.54, 1.807) is 24.5 Å². The second kappa shape index (κ2) is 5.99. The number of hydrogen-bond donors (Lipinski definition) is 3. The Labute approximate surface area is 110 Å². The van der Waals surface area contributed by atoms with Crippen LogP contribution in [-0.2, 0) is 4.79 Å². The summed E-state index contributed by atoms with van der Waals surface area (Å²) in [6.07, 6.45) is 3.38. The first-order valence-electron chi connectivity index (χ1n) is 6.16. The SMILES string of the molecule is NC(=O)CCCCNC(=O)c1ccc2nc[nH]c2c1. The Morgan fingerprint density at radius 2 is 2.16 bits per heavy atom. The van der Waals surface area contributed by atoms with Crippen molar-refractivity contribution in [1.29, 1.82) is 0 Å². The van der Waals surface area contributed by atoms with Gasteiger partial charge in [0.1, 0.15) is 0 Å². The van der Waals surface area contributed by atoms with E-state index in [2.05, 4.69) is 15.3 Å². The zero-order valence-electron chi connectivity index (χ0n) is 10.5. The largest absolute Gasteiger partial charge is 0.370 e. The van der Waals surface area contributed by atoms with Crippen molar-refractivity contribution in [3.8, 4) is 0 Å². The minimum atomic E-state index is -0.309. The van der Waals surface area contributed by atoms with Crippen molar-refractivity contribution in [2.45, 2.75) is 19.3 Å². The quantitative estimate of drug-likeness (QED) is 0.674. The summed E-state index contributed by atoms with van der Waals surface area (Å²) in [4.78, 5) is 29.5. The van der Waals surface area contributed by atoms with E-state index >= 15 is 0 Å². The molecule has 1 heterocycles. The second-order valence-corrected chi connectivity index (χ2v) is 4.31. The van der Waals surface area contributed by atoms with Gasteiger partial charge >= 0.3 is 0 Å². The topological polar surface area (TPSA) is 101 Å². The molecule has 4 N–H and O–H groups in total. The molecule has 0 saturated heterocycles. The Morgan fingerprint density at radius 1 is 1.32 bits per heavy atom. The Hall–Kier alpha value is -2.37. The van der Waals surface area contributed by atoms with E-state index in [0.29, 0.717) is 24.9 Å². The molecule has 19 heavy (non-hydrogen) atoms. The molecule has 0 unspecified atom stereocenters. The third-order valence-electron chi connectivity index (χ3n) is 2.82. The Morgan fingerprint density at radius 3 is 2.95 bits per heavy atom. The molecule has 6 heteroatoms. The summed E-state index contributed by atoms with van der Waals surface area (Å²) in [5.41, 5.74) is 7.29. The fraction of sp³-hybridized carbons (Fsp3) is 0.308. The lowest BCUT2D eigenvalue weighted by atomic mass is 10.2. The number of unbranched alkanes of at least 4 members (excludes halogenated alkanes) is 1. The molecular formula is C13H16N4O2. The maximum atomic E-state index is 11.9. The number of hydrogen-bond acceptors (Lipinski definition) is 3. The molecule has 0 fully saturated rings. The molecule has 0 spiro atoms. The summed E-state index contributed by atoms with van der Waals surface area (Å²) in [7, 11) is 0. The number of rotatable bonds is 6. The summed E-state index contributed by atoms with van der Waals surface area (Å²) >= 11 is 0. The highest BCUT2D eigenvalue weighted by Gasteiger charge is 2.06. The monoisotopic (exact) mass is 260 g/mol. The maximum absolute atomic E-state index is 11.9. The fourth-order valence-corrected chi connectivity index (χ4v) is 1.81. The molecular weight excluding hydrogens is 244 g/mol. The fourth-order valence-electron chi connectivity index (χ4n) is 1.81. The van der Waals surface area contributed by atoms with Crippen molar-refractivity contribution in [2.75, 3.05) is 6.54 Å². The van der Waals surface area contributed by atoms with Crippen molar-refractivity contribution in [2.24, 2.45) is 5.73 Å². The normalized spacial score (nSPS) is 10.5. The smallest absolute Gasteiger partial charge is 0.251 e. The second-order valence-electron chi connectivity index (χ2n) is 4.31. The van der Waals surface area contributed by atoms with Gasteiger partial charge in [-0.2, -0.15) is 0 Å². The van der Waals surface area contributed by atoms with Crippen LogP contribution in [-0.4, -0.2) is 28.3 Å². The van der Waals surface area contributed by atoms with Gasteiger partial charge in [-0.3, -0.25) is 9.59 Å². The Kier molecular flexibility index (Phi) is 4.12. The number of aromatic amines is 1. The number of carbonyl (C=O) groups excluding carboxylic acids is 2. The van der Waals surface area contributed by atoms with Gasteiger partial charge in [-0.1, -0.05) is 0 Å². The van der Waals surface area contributed by atoms with Gasteiger partial charge in [0.2, 0.25) is 5.91 Å². The molecule has 0 aliphatic heterocycles. The van der Waals surface area contributed by atoms with Crippen LogP contribution in [0.2, 0.25) is 0 Å². The number of benzene rings is 1. The number of fused-ring (bicyclic) bond motifs is 1. The average molecular weight is 260 g/mol. The minimum Gasteiger partial charge on any atom is -0.370 e. The number of nitrogens with two attached hydrogens (primary N) is 1. The molecule has 1 aromatic heterocycles. The van der Waals surface area contributed by atoms with Crippen LogP contribution in [0.25, 0.3) is 11.0 Å². The number of imidazole rings is 1. The van der Waals surface area contributed by atoms with Crippen LogP contribution in [0.3, 0.4) is 0 Å². The number of nitrogens with one attached hydrogen (secondary N) is 2. The van der Waals surface area contributed by atoms with Crippen molar-refractivity contribution in [1.82, 2.24) is 15.3 Å². The molecule has 0 aliphatic carbocycles. The minimum absolute atomic E-state index is 0.129. The predicted octanol–water partition coefficient (Wildman–Crippen LogP) is 0.948. The Balaban J connectivity index is 1.84. The number of H-pyrrole nitrogens is 1. The highest BCUT2D eigenvalue weighted by Crippen LogP contribution is 2.11. The van der Waals surface area contributed by atoms with Crippen LogP contribution in [0.15, 0.2) is 24.5 Å². The third-order valence-corrected chi connectivity index (χ3v) is 2.82. The summed E-state index contributed by atoms with van der Waals surface area (Å²) in [6, 6.07) is 5.30. The van der Waals surface area contributed by atoms with Crippen LogP contribution in [0, 0.1) is 0 Å². The Bertz CT molecular complexity index is 591. The molecule has 6 nitrogen and oxygen atoms in total. The molecule has 1 aromatic carbocycles. The van der Waals surface area contributed by atoms with E-state index in [4.69, 9.17) is 5.73 Å². The highest BCUT2D eigenvalue weighted by molar-refractivity contribution is 5.97. The zero-order valence-corrected chi connectivity index (χ0v) is 10.5. The van der Waals surface area contributed by atoms with Gasteiger partial charge in [0, 0.05) is 18.5 Å². The molecule has 0 bridgehead atoms. The lowest BCUT2D eigenvalue weighted by Crippen LogP contribution is -2.24. The predicted molar refractivity (Wildman–Crippen MR) is 71.5 cm³/mol. The number of nitrogens with zero attached hydrogens (tertiary/aromatic N) is 1. The van der Waals surface area contributed by atoms with Gasteiger partial charge in [0.25, 0.3) is 5.91 Å². The molecule has 0 radical (unpaired) electrons. The molecule has 0 atom stereocenters. The standard InChI is InChI=1S/C13H16N4O2/c14-12(18)3-1-2-6-15-13(19)9-4-5-10-11(7-9)17-8-16-10/h4-5,7-8H,1-3,6H2,(H2,14,18)(H,15,19)(H,16,17). The van der Waals surface area contributed by atoms with Crippen molar-refractivity contribution >= 4 is 22.8 Å². The molecule has 0 saturated carbocycles. The van der Waals surface area contributed by atoms with Gasteiger partial charge in [-0.15, -0.1) is 0 Å². The van der Waals surface area contributed by atoms with Gasteiger partial charge in [0.05, 0.1) is 17.4 Å². The highest BCUT2D eigenvalue weighted by atomic mass is 16.2. The van der Waals surface area contributed by atoms with Gasteiger partial charge in [-0.25, -0.2) is 4.98 Å². The molecule has 100 valence electrons. The van der Waals surface area contributed by atoms with E-state index in [1.165, 1.54) is 0 Å². The van der Waals surface area contributed by atoms with Gasteiger partial charge in [0.15, 0.2) is 0 Å². The summed E-state index contributed by atoms with van der Waals surface area (Å²) in [5.74, 6) is -0.438. The molecule has 2 aromatic rings. The zero-order chi connectivity index (χ0) is 13.7. The summed E-state index contributed by atoms with van der Waals surface area (Å²) < 4.78 is 0. The van der Waals surface area contributed by atoms with Gasteiger partial charge in [-0.05, 0) is 31.0 Å². The van der Waals surface area contributed by atoms with E-state index in [9.17, 15) is 9.59 Å². The first kappa shape index (κ1) is 13.1. The van der Waals surface area contributed by atoms with E-state index in [0.717, 1.165) is 17.5 Å². The number of carbonyl (C=O) groups is 2. The molecule has 0 aliphatic rings. The first-order valence-corrected chi connectivity index (χ1v) is 6.16. The van der Waals surface area contributed by atoms with Crippen molar-refractivity contribution < 1.29 is 9.59 Å². The van der Waals surface area contributed by atoms with Crippen LogP contribution in [0.1, 0.15) is 29.6 Å². The number of aromatic nitrogens is 2. The van der Waals surface area contributed by atoms with Gasteiger partial charge < -0.3 is 16.0 Å². The van der Waals surface area contributed by atoms with Crippen LogP contribution >= 0.6 is 0 Å². The lowest BCUT2D eigenvalue weighted by Gasteiger charge is -2.04.